The number of anilines is 1. The molecule has 8 nitrogen and oxygen atoms in total. The van der Waals surface area contributed by atoms with Gasteiger partial charge in [-0.3, -0.25) is 19.8 Å². The lowest BCUT2D eigenvalue weighted by molar-refractivity contribution is -0.384. The summed E-state index contributed by atoms with van der Waals surface area (Å²) >= 11 is 0. The van der Waals surface area contributed by atoms with E-state index in [1.807, 2.05) is 18.2 Å². The number of carbonyl (C=O) groups excluding carboxylic acids is 1. The third kappa shape index (κ3) is 5.34. The number of morpholine rings is 1. The molecule has 2 aromatic rings. The predicted octanol–water partition coefficient (Wildman–Crippen LogP) is 2.80. The molecule has 1 amide bonds. The molecule has 1 atom stereocenters. The SMILES string of the molecule is O=C(NCC1CN(Cc2ccccc2)CCO1)c1ccc(NC2CC2)c([N+](=O)[O-])c1. The van der Waals surface area contributed by atoms with Gasteiger partial charge in [0.2, 0.25) is 0 Å². The zero-order valence-corrected chi connectivity index (χ0v) is 16.8. The molecule has 1 aliphatic heterocycles. The van der Waals surface area contributed by atoms with Crippen molar-refractivity contribution >= 4 is 17.3 Å². The van der Waals surface area contributed by atoms with Crippen molar-refractivity contribution in [2.24, 2.45) is 0 Å². The standard InChI is InChI=1S/C22H26N4O4/c27-22(17-6-9-20(24-18-7-8-18)21(12-17)26(28)29)23-13-19-15-25(10-11-30-19)14-16-4-2-1-3-5-16/h1-6,9,12,18-19,24H,7-8,10-11,13-15H2,(H,23,27). The van der Waals surface area contributed by atoms with Crippen LogP contribution in [0.1, 0.15) is 28.8 Å². The molecular weight excluding hydrogens is 384 g/mol. The van der Waals surface area contributed by atoms with Crippen molar-refractivity contribution in [1.29, 1.82) is 0 Å². The monoisotopic (exact) mass is 410 g/mol. The molecule has 1 saturated heterocycles. The zero-order chi connectivity index (χ0) is 20.9. The minimum absolute atomic E-state index is 0.0718. The summed E-state index contributed by atoms with van der Waals surface area (Å²) in [5.74, 6) is -0.333. The van der Waals surface area contributed by atoms with Gasteiger partial charge in [0.1, 0.15) is 5.69 Å². The van der Waals surface area contributed by atoms with Crippen molar-refractivity contribution in [3.8, 4) is 0 Å². The van der Waals surface area contributed by atoms with Gasteiger partial charge in [-0.2, -0.15) is 0 Å². The number of benzene rings is 2. The molecule has 2 N–H and O–H groups in total. The van der Waals surface area contributed by atoms with Crippen LogP contribution >= 0.6 is 0 Å². The van der Waals surface area contributed by atoms with E-state index < -0.39 is 4.92 Å². The van der Waals surface area contributed by atoms with Gasteiger partial charge in [-0.15, -0.1) is 0 Å². The van der Waals surface area contributed by atoms with Crippen LogP contribution < -0.4 is 10.6 Å². The van der Waals surface area contributed by atoms with Crippen LogP contribution in [0.4, 0.5) is 11.4 Å². The lowest BCUT2D eigenvalue weighted by Gasteiger charge is -2.33. The minimum atomic E-state index is -0.451. The Bertz CT molecular complexity index is 901. The third-order valence-electron chi connectivity index (χ3n) is 5.36. The first-order valence-corrected chi connectivity index (χ1v) is 10.3. The topological polar surface area (TPSA) is 96.7 Å². The Kier molecular flexibility index (Phi) is 6.25. The fraction of sp³-hybridized carbons (Fsp3) is 0.409. The number of carbonyl (C=O) groups is 1. The van der Waals surface area contributed by atoms with Gasteiger partial charge in [0.25, 0.3) is 11.6 Å². The lowest BCUT2D eigenvalue weighted by atomic mass is 10.1. The van der Waals surface area contributed by atoms with Crippen molar-refractivity contribution in [3.63, 3.8) is 0 Å². The summed E-state index contributed by atoms with van der Waals surface area (Å²) in [6.45, 7) is 3.39. The second kappa shape index (κ2) is 9.23. The number of hydrogen-bond donors (Lipinski definition) is 2. The Morgan fingerprint density at radius 2 is 2.00 bits per heavy atom. The minimum Gasteiger partial charge on any atom is -0.377 e. The fourth-order valence-corrected chi connectivity index (χ4v) is 3.59. The number of rotatable bonds is 8. The number of nitrogens with one attached hydrogen (secondary N) is 2. The van der Waals surface area contributed by atoms with Crippen LogP contribution in [0.5, 0.6) is 0 Å². The van der Waals surface area contributed by atoms with Crippen molar-refractivity contribution in [3.05, 3.63) is 69.8 Å². The van der Waals surface area contributed by atoms with Crippen LogP contribution in [0, 0.1) is 10.1 Å². The average Bonchev–Trinajstić information content (AvgIpc) is 3.57. The fourth-order valence-electron chi connectivity index (χ4n) is 3.59. The van der Waals surface area contributed by atoms with E-state index in [2.05, 4.69) is 27.7 Å². The van der Waals surface area contributed by atoms with Crippen LogP contribution in [-0.2, 0) is 11.3 Å². The van der Waals surface area contributed by atoms with E-state index in [4.69, 9.17) is 4.74 Å². The van der Waals surface area contributed by atoms with Gasteiger partial charge in [-0.05, 0) is 30.5 Å². The molecule has 30 heavy (non-hydrogen) atoms. The summed E-state index contributed by atoms with van der Waals surface area (Å²) in [6, 6.07) is 15.1. The van der Waals surface area contributed by atoms with E-state index in [0.717, 1.165) is 32.5 Å². The highest BCUT2D eigenvalue weighted by Gasteiger charge is 2.26. The van der Waals surface area contributed by atoms with Gasteiger partial charge in [0.05, 0.1) is 17.6 Å². The third-order valence-corrected chi connectivity index (χ3v) is 5.36. The Morgan fingerprint density at radius 3 is 2.73 bits per heavy atom. The normalized spacial score (nSPS) is 19.3. The van der Waals surface area contributed by atoms with Crippen LogP contribution in [0.3, 0.4) is 0 Å². The summed E-state index contributed by atoms with van der Waals surface area (Å²) in [7, 11) is 0. The molecule has 0 radical (unpaired) electrons. The molecule has 2 aromatic carbocycles. The van der Waals surface area contributed by atoms with E-state index in [1.165, 1.54) is 11.6 Å². The van der Waals surface area contributed by atoms with Gasteiger partial charge in [0.15, 0.2) is 0 Å². The van der Waals surface area contributed by atoms with Crippen molar-refractivity contribution in [2.45, 2.75) is 31.5 Å². The lowest BCUT2D eigenvalue weighted by Crippen LogP contribution is -2.47. The summed E-state index contributed by atoms with van der Waals surface area (Å²) in [6.07, 6.45) is 1.92. The second-order valence-corrected chi connectivity index (χ2v) is 7.83. The van der Waals surface area contributed by atoms with Crippen molar-refractivity contribution in [2.75, 3.05) is 31.6 Å². The van der Waals surface area contributed by atoms with E-state index in [9.17, 15) is 14.9 Å². The molecule has 1 saturated carbocycles. The number of nitro benzene ring substituents is 1. The molecule has 0 bridgehead atoms. The quantitative estimate of drug-likeness (QED) is 0.513. The molecule has 4 rings (SSSR count). The number of nitrogens with zero attached hydrogens (tertiary/aromatic N) is 2. The highest BCUT2D eigenvalue weighted by Crippen LogP contribution is 2.31. The largest absolute Gasteiger partial charge is 0.377 e. The van der Waals surface area contributed by atoms with Crippen molar-refractivity contribution < 1.29 is 14.5 Å². The maximum absolute atomic E-state index is 12.6. The second-order valence-electron chi connectivity index (χ2n) is 7.83. The van der Waals surface area contributed by atoms with E-state index in [1.54, 1.807) is 12.1 Å². The predicted molar refractivity (Wildman–Crippen MR) is 114 cm³/mol. The molecule has 1 heterocycles. The first-order valence-electron chi connectivity index (χ1n) is 10.3. The van der Waals surface area contributed by atoms with E-state index >= 15 is 0 Å². The smallest absolute Gasteiger partial charge is 0.293 e. The molecule has 0 aromatic heterocycles. The Morgan fingerprint density at radius 1 is 1.20 bits per heavy atom. The number of nitro groups is 1. The van der Waals surface area contributed by atoms with Gasteiger partial charge < -0.3 is 15.4 Å². The van der Waals surface area contributed by atoms with Gasteiger partial charge in [0, 0.05) is 43.9 Å². The molecular formula is C22H26N4O4. The first kappa shape index (κ1) is 20.3. The van der Waals surface area contributed by atoms with Crippen LogP contribution in [0.25, 0.3) is 0 Å². The zero-order valence-electron chi connectivity index (χ0n) is 16.8. The first-order chi connectivity index (χ1) is 14.6. The Balaban J connectivity index is 1.32. The van der Waals surface area contributed by atoms with E-state index in [0.29, 0.717) is 24.9 Å². The van der Waals surface area contributed by atoms with Crippen LogP contribution in [0.2, 0.25) is 0 Å². The van der Waals surface area contributed by atoms with Crippen LogP contribution in [0.15, 0.2) is 48.5 Å². The number of amides is 1. The Hall–Kier alpha value is -2.97. The molecule has 1 aliphatic carbocycles. The molecule has 158 valence electrons. The van der Waals surface area contributed by atoms with Crippen molar-refractivity contribution in [1.82, 2.24) is 10.2 Å². The molecule has 1 unspecified atom stereocenters. The summed E-state index contributed by atoms with van der Waals surface area (Å²) < 4.78 is 5.79. The Labute approximate surface area is 175 Å². The average molecular weight is 410 g/mol. The summed E-state index contributed by atoms with van der Waals surface area (Å²) in [4.78, 5) is 25.8. The van der Waals surface area contributed by atoms with Gasteiger partial charge in [-0.1, -0.05) is 30.3 Å². The highest BCUT2D eigenvalue weighted by atomic mass is 16.6. The maximum Gasteiger partial charge on any atom is 0.293 e. The van der Waals surface area contributed by atoms with Gasteiger partial charge >= 0.3 is 0 Å². The number of ether oxygens (including phenoxy) is 1. The maximum atomic E-state index is 12.6. The highest BCUT2D eigenvalue weighted by molar-refractivity contribution is 5.95. The molecule has 2 aliphatic rings. The van der Waals surface area contributed by atoms with E-state index in [-0.39, 0.29) is 23.3 Å². The number of hydrogen-bond acceptors (Lipinski definition) is 6. The van der Waals surface area contributed by atoms with Gasteiger partial charge in [-0.25, -0.2) is 0 Å². The molecule has 2 fully saturated rings. The van der Waals surface area contributed by atoms with Crippen LogP contribution in [-0.4, -0.2) is 54.1 Å². The summed E-state index contributed by atoms with van der Waals surface area (Å²) in [5.41, 5.74) is 1.91. The molecule has 8 heteroatoms. The molecule has 0 spiro atoms. The summed E-state index contributed by atoms with van der Waals surface area (Å²) in [5, 5.41) is 17.4.